The number of nitrogen functional groups attached to an aromatic ring is 1. The lowest BCUT2D eigenvalue weighted by Gasteiger charge is -2.20. The lowest BCUT2D eigenvalue weighted by molar-refractivity contribution is 0.0773. The lowest BCUT2D eigenvalue weighted by atomic mass is 9.93. The molecule has 110 valence electrons. The third kappa shape index (κ3) is 2.90. The molecule has 0 unspecified atom stereocenters. The second-order valence-corrected chi connectivity index (χ2v) is 6.43. The monoisotopic (exact) mass is 277 g/mol. The summed E-state index contributed by atoms with van der Waals surface area (Å²) in [7, 11) is 0. The molecule has 0 radical (unpaired) electrons. The first-order chi connectivity index (χ1) is 9.34. The molecule has 20 heavy (non-hydrogen) atoms. The Labute approximate surface area is 119 Å². The quantitative estimate of drug-likeness (QED) is 0.649. The van der Waals surface area contributed by atoms with Gasteiger partial charge in [0.2, 0.25) is 0 Å². The molecule has 3 N–H and O–H groups in total. The van der Waals surface area contributed by atoms with E-state index in [1.165, 1.54) is 0 Å². The van der Waals surface area contributed by atoms with Gasteiger partial charge in [-0.15, -0.1) is 0 Å². The maximum atomic E-state index is 12.6. The Kier molecular flexibility index (Phi) is 3.94. The normalized spacial score (nSPS) is 17.6. The van der Waals surface area contributed by atoms with Gasteiger partial charge in [0.05, 0.1) is 11.9 Å². The second kappa shape index (κ2) is 5.36. The number of hydrazine groups is 1. The minimum atomic E-state index is -0.0761. The van der Waals surface area contributed by atoms with Crippen molar-refractivity contribution in [1.29, 1.82) is 0 Å². The zero-order valence-electron chi connectivity index (χ0n) is 12.6. The minimum Gasteiger partial charge on any atom is -0.337 e. The van der Waals surface area contributed by atoms with Crippen LogP contribution in [0.3, 0.4) is 0 Å². The van der Waals surface area contributed by atoms with Gasteiger partial charge in [-0.2, -0.15) is 0 Å². The van der Waals surface area contributed by atoms with Crippen molar-refractivity contribution in [2.45, 2.75) is 40.0 Å². The topological polar surface area (TPSA) is 84.1 Å². The fraction of sp³-hybridized carbons (Fsp3) is 0.643. The summed E-state index contributed by atoms with van der Waals surface area (Å²) in [6.07, 6.45) is 2.59. The van der Waals surface area contributed by atoms with E-state index in [0.717, 1.165) is 19.5 Å². The van der Waals surface area contributed by atoms with Gasteiger partial charge in [0.25, 0.3) is 5.91 Å². The molecule has 1 aromatic rings. The fourth-order valence-corrected chi connectivity index (χ4v) is 2.38. The van der Waals surface area contributed by atoms with Gasteiger partial charge >= 0.3 is 0 Å². The standard InChI is InChI=1S/C14H23N5O/c1-9(2)12-16-7-10(18-15)11(17-12)13(20)19-6-5-14(3,4)8-19/h7,9,18H,5-6,8,15H2,1-4H3. The van der Waals surface area contributed by atoms with Crippen molar-refractivity contribution in [3.8, 4) is 0 Å². The van der Waals surface area contributed by atoms with Gasteiger partial charge in [-0.05, 0) is 11.8 Å². The molecular formula is C14H23N5O. The van der Waals surface area contributed by atoms with Crippen molar-refractivity contribution < 1.29 is 4.79 Å². The first-order valence-corrected chi connectivity index (χ1v) is 6.97. The highest BCUT2D eigenvalue weighted by molar-refractivity contribution is 5.97. The van der Waals surface area contributed by atoms with Crippen LogP contribution in [0.1, 0.15) is 56.3 Å². The lowest BCUT2D eigenvalue weighted by Crippen LogP contribution is -2.32. The molecule has 2 rings (SSSR count). The van der Waals surface area contributed by atoms with Crippen LogP contribution < -0.4 is 11.3 Å². The average molecular weight is 277 g/mol. The molecular weight excluding hydrogens is 254 g/mol. The van der Waals surface area contributed by atoms with Crippen LogP contribution >= 0.6 is 0 Å². The number of aromatic nitrogens is 2. The molecule has 1 saturated heterocycles. The van der Waals surface area contributed by atoms with Crippen LogP contribution in [0.25, 0.3) is 0 Å². The van der Waals surface area contributed by atoms with Gasteiger partial charge in [0, 0.05) is 19.0 Å². The van der Waals surface area contributed by atoms with Gasteiger partial charge in [0.1, 0.15) is 5.82 Å². The van der Waals surface area contributed by atoms with Crippen LogP contribution in [0.15, 0.2) is 6.20 Å². The molecule has 1 aliphatic rings. The van der Waals surface area contributed by atoms with E-state index >= 15 is 0 Å². The predicted molar refractivity (Wildman–Crippen MR) is 78.2 cm³/mol. The van der Waals surface area contributed by atoms with Crippen LogP contribution in [0.2, 0.25) is 0 Å². The molecule has 0 atom stereocenters. The van der Waals surface area contributed by atoms with Gasteiger partial charge in [-0.3, -0.25) is 10.6 Å². The third-order valence-corrected chi connectivity index (χ3v) is 3.65. The summed E-state index contributed by atoms with van der Waals surface area (Å²) < 4.78 is 0. The summed E-state index contributed by atoms with van der Waals surface area (Å²) >= 11 is 0. The zero-order valence-corrected chi connectivity index (χ0v) is 12.6. The van der Waals surface area contributed by atoms with Crippen LogP contribution in [-0.2, 0) is 0 Å². The summed E-state index contributed by atoms with van der Waals surface area (Å²) in [5.41, 5.74) is 3.52. The Morgan fingerprint density at radius 1 is 1.50 bits per heavy atom. The molecule has 1 fully saturated rings. The van der Waals surface area contributed by atoms with Gasteiger partial charge in [0.15, 0.2) is 5.69 Å². The SMILES string of the molecule is CC(C)c1ncc(NN)c(C(=O)N2CCC(C)(C)C2)n1. The first-order valence-electron chi connectivity index (χ1n) is 6.97. The molecule has 1 amide bonds. The van der Waals surface area contributed by atoms with Gasteiger partial charge in [-0.25, -0.2) is 9.97 Å². The predicted octanol–water partition coefficient (Wildman–Crippen LogP) is 1.76. The number of likely N-dealkylation sites (tertiary alicyclic amines) is 1. The van der Waals surface area contributed by atoms with E-state index in [-0.39, 0.29) is 17.2 Å². The van der Waals surface area contributed by atoms with E-state index in [2.05, 4.69) is 29.2 Å². The number of anilines is 1. The molecule has 1 aromatic heterocycles. The highest BCUT2D eigenvalue weighted by Gasteiger charge is 2.34. The number of nitrogens with two attached hydrogens (primary N) is 1. The minimum absolute atomic E-state index is 0.0761. The van der Waals surface area contributed by atoms with E-state index in [9.17, 15) is 4.79 Å². The van der Waals surface area contributed by atoms with Crippen molar-refractivity contribution in [2.75, 3.05) is 18.5 Å². The van der Waals surface area contributed by atoms with E-state index in [1.807, 2.05) is 18.7 Å². The highest BCUT2D eigenvalue weighted by Crippen LogP contribution is 2.30. The molecule has 0 bridgehead atoms. The molecule has 0 aliphatic carbocycles. The highest BCUT2D eigenvalue weighted by atomic mass is 16.2. The Hall–Kier alpha value is -1.69. The van der Waals surface area contributed by atoms with Gasteiger partial charge in [-0.1, -0.05) is 27.7 Å². The Morgan fingerprint density at radius 3 is 2.70 bits per heavy atom. The number of nitrogens with zero attached hydrogens (tertiary/aromatic N) is 3. The van der Waals surface area contributed by atoms with Crippen LogP contribution in [0.4, 0.5) is 5.69 Å². The van der Waals surface area contributed by atoms with E-state index in [4.69, 9.17) is 5.84 Å². The van der Waals surface area contributed by atoms with Crippen LogP contribution in [0.5, 0.6) is 0 Å². The number of nitrogens with one attached hydrogen (secondary N) is 1. The van der Waals surface area contributed by atoms with E-state index in [1.54, 1.807) is 6.20 Å². The largest absolute Gasteiger partial charge is 0.337 e. The molecule has 1 aliphatic heterocycles. The maximum absolute atomic E-state index is 12.6. The number of rotatable bonds is 3. The van der Waals surface area contributed by atoms with E-state index in [0.29, 0.717) is 17.2 Å². The Bertz CT molecular complexity index is 512. The van der Waals surface area contributed by atoms with Crippen molar-refractivity contribution in [3.05, 3.63) is 17.7 Å². The number of hydrogen-bond acceptors (Lipinski definition) is 5. The zero-order chi connectivity index (χ0) is 14.9. The second-order valence-electron chi connectivity index (χ2n) is 6.43. The Morgan fingerprint density at radius 2 is 2.20 bits per heavy atom. The number of carbonyl (C=O) groups excluding carboxylic acids is 1. The molecule has 0 aromatic carbocycles. The van der Waals surface area contributed by atoms with Crippen molar-refractivity contribution in [3.63, 3.8) is 0 Å². The number of carbonyl (C=O) groups is 1. The first kappa shape index (κ1) is 14.7. The van der Waals surface area contributed by atoms with Crippen LogP contribution in [0, 0.1) is 5.41 Å². The third-order valence-electron chi connectivity index (χ3n) is 3.65. The summed E-state index contributed by atoms with van der Waals surface area (Å²) in [6, 6.07) is 0. The Balaban J connectivity index is 2.31. The summed E-state index contributed by atoms with van der Waals surface area (Å²) in [4.78, 5) is 23.1. The molecule has 6 nitrogen and oxygen atoms in total. The number of hydrogen-bond donors (Lipinski definition) is 2. The van der Waals surface area contributed by atoms with Crippen molar-refractivity contribution in [2.24, 2.45) is 11.3 Å². The maximum Gasteiger partial charge on any atom is 0.274 e. The summed E-state index contributed by atoms with van der Waals surface area (Å²) in [5.74, 6) is 6.22. The van der Waals surface area contributed by atoms with Gasteiger partial charge < -0.3 is 10.3 Å². The molecule has 0 saturated carbocycles. The van der Waals surface area contributed by atoms with Crippen molar-refractivity contribution >= 4 is 11.6 Å². The van der Waals surface area contributed by atoms with Crippen molar-refractivity contribution in [1.82, 2.24) is 14.9 Å². The van der Waals surface area contributed by atoms with Crippen LogP contribution in [-0.4, -0.2) is 33.9 Å². The smallest absolute Gasteiger partial charge is 0.274 e. The molecule has 2 heterocycles. The summed E-state index contributed by atoms with van der Waals surface area (Å²) in [5, 5.41) is 0. The summed E-state index contributed by atoms with van der Waals surface area (Å²) in [6.45, 7) is 9.84. The molecule has 6 heteroatoms. The van der Waals surface area contributed by atoms with E-state index < -0.39 is 0 Å². The molecule has 0 spiro atoms. The number of amides is 1. The average Bonchev–Trinajstić information content (AvgIpc) is 2.77. The fourth-order valence-electron chi connectivity index (χ4n) is 2.38.